The van der Waals surface area contributed by atoms with Crippen molar-refractivity contribution in [2.75, 3.05) is 44.7 Å². The standard InChI is InChI=1S/C18H21N3O3S2/c1-13(22)19-15-4-2-14(3-5-15)12-16-17(23)21(18(25)26-16)7-6-20-8-10-24-11-9-20/h2-5,12H,6-11H2,1H3,(H,19,22)/b16-12-. The summed E-state index contributed by atoms with van der Waals surface area (Å²) < 4.78 is 5.94. The second kappa shape index (κ2) is 8.77. The number of hydrogen-bond donors (Lipinski definition) is 1. The lowest BCUT2D eigenvalue weighted by molar-refractivity contribution is -0.122. The number of amides is 2. The van der Waals surface area contributed by atoms with Gasteiger partial charge in [0.1, 0.15) is 4.32 Å². The summed E-state index contributed by atoms with van der Waals surface area (Å²) in [7, 11) is 0. The molecule has 0 spiro atoms. The van der Waals surface area contributed by atoms with Crippen LogP contribution in [0.1, 0.15) is 12.5 Å². The van der Waals surface area contributed by atoms with Crippen LogP contribution < -0.4 is 5.32 Å². The molecule has 0 aromatic heterocycles. The topological polar surface area (TPSA) is 61.9 Å². The van der Waals surface area contributed by atoms with Crippen LogP contribution in [0.25, 0.3) is 6.08 Å². The molecular weight excluding hydrogens is 370 g/mol. The zero-order valence-corrected chi connectivity index (χ0v) is 16.2. The lowest BCUT2D eigenvalue weighted by Crippen LogP contribution is -2.42. The summed E-state index contributed by atoms with van der Waals surface area (Å²) in [6.45, 7) is 6.14. The van der Waals surface area contributed by atoms with Crippen LogP contribution >= 0.6 is 24.0 Å². The van der Waals surface area contributed by atoms with E-state index in [-0.39, 0.29) is 11.8 Å². The Morgan fingerprint density at radius 2 is 1.96 bits per heavy atom. The highest BCUT2D eigenvalue weighted by atomic mass is 32.2. The molecule has 0 saturated carbocycles. The quantitative estimate of drug-likeness (QED) is 0.613. The number of carbonyl (C=O) groups is 2. The summed E-state index contributed by atoms with van der Waals surface area (Å²) in [6, 6.07) is 7.36. The van der Waals surface area contributed by atoms with Crippen molar-refractivity contribution >= 4 is 51.9 Å². The Bertz CT molecular complexity index is 728. The Hall–Kier alpha value is -1.74. The Balaban J connectivity index is 1.61. The maximum Gasteiger partial charge on any atom is 0.266 e. The largest absolute Gasteiger partial charge is 0.379 e. The smallest absolute Gasteiger partial charge is 0.266 e. The fourth-order valence-corrected chi connectivity index (χ4v) is 4.08. The monoisotopic (exact) mass is 391 g/mol. The minimum absolute atomic E-state index is 0.0424. The first-order valence-electron chi connectivity index (χ1n) is 8.46. The van der Waals surface area contributed by atoms with Crippen molar-refractivity contribution in [3.05, 3.63) is 34.7 Å². The molecule has 1 N–H and O–H groups in total. The van der Waals surface area contributed by atoms with E-state index >= 15 is 0 Å². The number of benzene rings is 1. The Kier molecular flexibility index (Phi) is 6.42. The van der Waals surface area contributed by atoms with E-state index in [0.29, 0.717) is 15.8 Å². The molecule has 0 atom stereocenters. The molecule has 2 saturated heterocycles. The molecule has 6 nitrogen and oxygen atoms in total. The maximum absolute atomic E-state index is 12.7. The molecule has 0 aliphatic carbocycles. The van der Waals surface area contributed by atoms with Crippen molar-refractivity contribution in [3.63, 3.8) is 0 Å². The molecular formula is C18H21N3O3S2. The van der Waals surface area contributed by atoms with Gasteiger partial charge in [-0.05, 0) is 23.8 Å². The van der Waals surface area contributed by atoms with Gasteiger partial charge in [-0.2, -0.15) is 0 Å². The average Bonchev–Trinajstić information content (AvgIpc) is 2.89. The van der Waals surface area contributed by atoms with Crippen LogP contribution in [0.3, 0.4) is 0 Å². The Morgan fingerprint density at radius 3 is 2.62 bits per heavy atom. The molecule has 138 valence electrons. The second-order valence-corrected chi connectivity index (χ2v) is 7.77. The van der Waals surface area contributed by atoms with Gasteiger partial charge in [0.15, 0.2) is 0 Å². The number of ether oxygens (including phenoxy) is 1. The molecule has 0 radical (unpaired) electrons. The van der Waals surface area contributed by atoms with Crippen LogP contribution in [0.15, 0.2) is 29.2 Å². The van der Waals surface area contributed by atoms with Gasteiger partial charge in [-0.15, -0.1) is 0 Å². The van der Waals surface area contributed by atoms with Crippen molar-refractivity contribution in [1.29, 1.82) is 0 Å². The second-order valence-electron chi connectivity index (χ2n) is 6.09. The fourth-order valence-electron chi connectivity index (χ4n) is 2.78. The van der Waals surface area contributed by atoms with Gasteiger partial charge >= 0.3 is 0 Å². The first-order chi connectivity index (χ1) is 12.5. The van der Waals surface area contributed by atoms with E-state index in [9.17, 15) is 9.59 Å². The van der Waals surface area contributed by atoms with Crippen molar-refractivity contribution < 1.29 is 14.3 Å². The number of nitrogens with zero attached hydrogens (tertiary/aromatic N) is 2. The molecule has 8 heteroatoms. The summed E-state index contributed by atoms with van der Waals surface area (Å²) in [5.41, 5.74) is 1.63. The summed E-state index contributed by atoms with van der Waals surface area (Å²) in [6.07, 6.45) is 1.84. The van der Waals surface area contributed by atoms with Gasteiger partial charge in [0.25, 0.3) is 5.91 Å². The van der Waals surface area contributed by atoms with E-state index in [2.05, 4.69) is 10.2 Å². The number of anilines is 1. The highest BCUT2D eigenvalue weighted by Crippen LogP contribution is 2.32. The minimum atomic E-state index is -0.112. The maximum atomic E-state index is 12.7. The summed E-state index contributed by atoms with van der Waals surface area (Å²) in [4.78, 5) is 28.3. The summed E-state index contributed by atoms with van der Waals surface area (Å²) in [5, 5.41) is 2.72. The average molecular weight is 392 g/mol. The molecule has 2 aliphatic heterocycles. The van der Waals surface area contributed by atoms with Gasteiger partial charge in [-0.25, -0.2) is 0 Å². The van der Waals surface area contributed by atoms with Crippen molar-refractivity contribution in [2.24, 2.45) is 0 Å². The molecule has 0 bridgehead atoms. The lowest BCUT2D eigenvalue weighted by atomic mass is 10.2. The SMILES string of the molecule is CC(=O)Nc1ccc(/C=C2\SC(=S)N(CCN3CCOCC3)C2=O)cc1. The number of morpholine rings is 1. The predicted octanol–water partition coefficient (Wildman–Crippen LogP) is 2.18. The van der Waals surface area contributed by atoms with Gasteiger partial charge < -0.3 is 10.1 Å². The predicted molar refractivity (Wildman–Crippen MR) is 108 cm³/mol. The minimum Gasteiger partial charge on any atom is -0.379 e. The Morgan fingerprint density at radius 1 is 1.27 bits per heavy atom. The molecule has 3 rings (SSSR count). The first-order valence-corrected chi connectivity index (χ1v) is 9.68. The van der Waals surface area contributed by atoms with Crippen LogP contribution in [0, 0.1) is 0 Å². The third-order valence-electron chi connectivity index (χ3n) is 4.15. The highest BCUT2D eigenvalue weighted by Gasteiger charge is 2.32. The number of thioether (sulfide) groups is 1. The molecule has 2 heterocycles. The molecule has 2 fully saturated rings. The number of thiocarbonyl (C=S) groups is 1. The van der Waals surface area contributed by atoms with Gasteiger partial charge in [-0.1, -0.05) is 36.1 Å². The molecule has 0 unspecified atom stereocenters. The van der Waals surface area contributed by atoms with Crippen LogP contribution in [-0.4, -0.2) is 65.3 Å². The van der Waals surface area contributed by atoms with Crippen LogP contribution in [0.4, 0.5) is 5.69 Å². The first kappa shape index (κ1) is 19.0. The van der Waals surface area contributed by atoms with E-state index in [1.54, 1.807) is 4.90 Å². The van der Waals surface area contributed by atoms with Crippen molar-refractivity contribution in [2.45, 2.75) is 6.92 Å². The molecule has 1 aromatic carbocycles. The molecule has 2 amide bonds. The van der Waals surface area contributed by atoms with E-state index in [0.717, 1.165) is 44.1 Å². The number of carbonyl (C=O) groups excluding carboxylic acids is 2. The van der Waals surface area contributed by atoms with E-state index in [4.69, 9.17) is 17.0 Å². The van der Waals surface area contributed by atoms with E-state index in [1.807, 2.05) is 30.3 Å². The van der Waals surface area contributed by atoms with Gasteiger partial charge in [-0.3, -0.25) is 19.4 Å². The van der Waals surface area contributed by atoms with Crippen LogP contribution in [-0.2, 0) is 14.3 Å². The summed E-state index contributed by atoms with van der Waals surface area (Å²) >= 11 is 6.72. The number of hydrogen-bond acceptors (Lipinski definition) is 6. The highest BCUT2D eigenvalue weighted by molar-refractivity contribution is 8.26. The van der Waals surface area contributed by atoms with Gasteiger partial charge in [0, 0.05) is 38.8 Å². The van der Waals surface area contributed by atoms with E-state index < -0.39 is 0 Å². The van der Waals surface area contributed by atoms with Crippen molar-refractivity contribution in [3.8, 4) is 0 Å². The Labute approximate surface area is 162 Å². The fraction of sp³-hybridized carbons (Fsp3) is 0.389. The lowest BCUT2D eigenvalue weighted by Gasteiger charge is -2.28. The zero-order valence-electron chi connectivity index (χ0n) is 14.6. The molecule has 1 aromatic rings. The van der Waals surface area contributed by atoms with Gasteiger partial charge in [0.05, 0.1) is 18.1 Å². The molecule has 26 heavy (non-hydrogen) atoms. The molecule has 2 aliphatic rings. The van der Waals surface area contributed by atoms with Gasteiger partial charge in [0.2, 0.25) is 5.91 Å². The zero-order chi connectivity index (χ0) is 18.5. The van der Waals surface area contributed by atoms with Crippen molar-refractivity contribution in [1.82, 2.24) is 9.80 Å². The normalized spacial score (nSPS) is 20.0. The number of rotatable bonds is 5. The van der Waals surface area contributed by atoms with Crippen LogP contribution in [0.2, 0.25) is 0 Å². The third-order valence-corrected chi connectivity index (χ3v) is 5.52. The summed E-state index contributed by atoms with van der Waals surface area (Å²) in [5.74, 6) is -0.155. The van der Waals surface area contributed by atoms with Crippen LogP contribution in [0.5, 0.6) is 0 Å². The van der Waals surface area contributed by atoms with E-state index in [1.165, 1.54) is 18.7 Å². The third kappa shape index (κ3) is 4.91. The number of nitrogens with one attached hydrogen (secondary N) is 1.